The van der Waals surface area contributed by atoms with E-state index >= 15 is 0 Å². The second kappa shape index (κ2) is 7.38. The summed E-state index contributed by atoms with van der Waals surface area (Å²) in [6.45, 7) is 5.83. The van der Waals surface area contributed by atoms with Gasteiger partial charge in [-0.2, -0.15) is 0 Å². The molecule has 0 fully saturated rings. The Morgan fingerprint density at radius 2 is 1.89 bits per heavy atom. The summed E-state index contributed by atoms with van der Waals surface area (Å²) in [5, 5.41) is 0. The second-order valence-electron chi connectivity index (χ2n) is 3.73. The van der Waals surface area contributed by atoms with Crippen LogP contribution in [0, 0.1) is 0 Å². The zero-order valence-electron chi connectivity index (χ0n) is 11.2. The molecule has 1 aromatic carbocycles. The molecule has 0 unspecified atom stereocenters. The molecule has 0 N–H and O–H groups in total. The Bertz CT molecular complexity index is 481. The van der Waals surface area contributed by atoms with Crippen molar-refractivity contribution in [1.29, 1.82) is 0 Å². The van der Waals surface area contributed by atoms with Gasteiger partial charge in [0.15, 0.2) is 5.78 Å². The molecule has 0 spiro atoms. The zero-order chi connectivity index (χ0) is 13.4. The first-order valence-corrected chi connectivity index (χ1v) is 6.27. The van der Waals surface area contributed by atoms with Gasteiger partial charge in [-0.25, -0.2) is 0 Å². The first-order valence-electron chi connectivity index (χ1n) is 6.27. The van der Waals surface area contributed by atoms with Gasteiger partial charge in [0.1, 0.15) is 0 Å². The van der Waals surface area contributed by atoms with Gasteiger partial charge < -0.3 is 0 Å². The normalized spacial score (nSPS) is 13.7. The van der Waals surface area contributed by atoms with Crippen molar-refractivity contribution in [2.75, 3.05) is 0 Å². The van der Waals surface area contributed by atoms with Gasteiger partial charge in [0, 0.05) is 23.9 Å². The van der Waals surface area contributed by atoms with Crippen LogP contribution in [0.5, 0.6) is 0 Å². The van der Waals surface area contributed by atoms with Crippen LogP contribution in [0.15, 0.2) is 59.2 Å². The van der Waals surface area contributed by atoms with Crippen LogP contribution in [0.2, 0.25) is 0 Å². The SMILES string of the molecule is C/C(=C\C1=NC=CC1)C(=O)c1ccccc1.CC. The van der Waals surface area contributed by atoms with Gasteiger partial charge in [0.05, 0.1) is 0 Å². The molecule has 1 aliphatic heterocycles. The number of Topliss-reactive ketones (excluding diaryl/α,β-unsaturated/α-hetero) is 1. The standard InChI is InChI=1S/C14H13NO.C2H6/c1-11(10-13-8-5-9-15-13)14(16)12-6-3-2-4-7-12;1-2/h2-7,9-10H,8H2,1H3;1-2H3/b11-10+;. The van der Waals surface area contributed by atoms with E-state index in [9.17, 15) is 4.79 Å². The summed E-state index contributed by atoms with van der Waals surface area (Å²) in [6, 6.07) is 9.30. The third-order valence-electron chi connectivity index (χ3n) is 2.45. The van der Waals surface area contributed by atoms with Gasteiger partial charge in [-0.15, -0.1) is 0 Å². The number of carbonyl (C=O) groups excluding carboxylic acids is 1. The Labute approximate surface area is 109 Å². The molecular formula is C16H19NO. The second-order valence-corrected chi connectivity index (χ2v) is 3.73. The van der Waals surface area contributed by atoms with Crippen LogP contribution in [-0.2, 0) is 0 Å². The Kier molecular flexibility index (Phi) is 5.78. The Morgan fingerprint density at radius 3 is 2.44 bits per heavy atom. The van der Waals surface area contributed by atoms with Crippen LogP contribution in [0.1, 0.15) is 37.6 Å². The Morgan fingerprint density at radius 1 is 1.22 bits per heavy atom. The van der Waals surface area contributed by atoms with E-state index in [4.69, 9.17) is 0 Å². The fourth-order valence-electron chi connectivity index (χ4n) is 1.60. The molecule has 18 heavy (non-hydrogen) atoms. The average Bonchev–Trinajstić information content (AvgIpc) is 2.94. The molecule has 0 saturated heterocycles. The van der Waals surface area contributed by atoms with Crippen molar-refractivity contribution in [3.05, 3.63) is 59.8 Å². The van der Waals surface area contributed by atoms with E-state index in [1.807, 2.05) is 63.3 Å². The van der Waals surface area contributed by atoms with Crippen molar-refractivity contribution in [1.82, 2.24) is 0 Å². The Balaban J connectivity index is 0.000000771. The number of hydrogen-bond donors (Lipinski definition) is 0. The van der Waals surface area contributed by atoms with Gasteiger partial charge in [-0.1, -0.05) is 50.3 Å². The molecule has 1 aliphatic rings. The number of nitrogens with zero attached hydrogens (tertiary/aromatic N) is 1. The quantitative estimate of drug-likeness (QED) is 0.576. The lowest BCUT2D eigenvalue weighted by atomic mass is 10.0. The minimum absolute atomic E-state index is 0.0650. The van der Waals surface area contributed by atoms with Crippen LogP contribution < -0.4 is 0 Å². The van der Waals surface area contributed by atoms with E-state index in [1.54, 1.807) is 6.20 Å². The van der Waals surface area contributed by atoms with Crippen molar-refractivity contribution in [3.8, 4) is 0 Å². The Hall–Kier alpha value is -1.96. The number of ketones is 1. The maximum Gasteiger partial charge on any atom is 0.188 e. The number of carbonyl (C=O) groups is 1. The third-order valence-corrected chi connectivity index (χ3v) is 2.45. The molecule has 94 valence electrons. The number of aliphatic imine (C=N–C) groups is 1. The monoisotopic (exact) mass is 241 g/mol. The van der Waals surface area contributed by atoms with Gasteiger partial charge in [0.2, 0.25) is 0 Å². The van der Waals surface area contributed by atoms with Crippen molar-refractivity contribution >= 4 is 11.5 Å². The molecule has 2 nitrogen and oxygen atoms in total. The number of rotatable bonds is 3. The number of allylic oxidation sites excluding steroid dienone is 3. The molecule has 2 rings (SSSR count). The molecular weight excluding hydrogens is 222 g/mol. The first-order chi connectivity index (χ1) is 8.77. The predicted octanol–water partition coefficient (Wildman–Crippen LogP) is 4.20. The van der Waals surface area contributed by atoms with Crippen molar-refractivity contribution in [2.24, 2.45) is 4.99 Å². The fourth-order valence-corrected chi connectivity index (χ4v) is 1.60. The summed E-state index contributed by atoms with van der Waals surface area (Å²) in [5.74, 6) is 0.0650. The molecule has 0 aliphatic carbocycles. The summed E-state index contributed by atoms with van der Waals surface area (Å²) in [6.07, 6.45) is 6.42. The molecule has 0 atom stereocenters. The van der Waals surface area contributed by atoms with Crippen LogP contribution in [0.25, 0.3) is 0 Å². The number of benzene rings is 1. The van der Waals surface area contributed by atoms with E-state index in [2.05, 4.69) is 4.99 Å². The highest BCUT2D eigenvalue weighted by Gasteiger charge is 2.08. The van der Waals surface area contributed by atoms with Crippen molar-refractivity contribution < 1.29 is 4.79 Å². The summed E-state index contributed by atoms with van der Waals surface area (Å²) in [7, 11) is 0. The lowest BCUT2D eigenvalue weighted by molar-refractivity contribution is 0.103. The highest BCUT2D eigenvalue weighted by Crippen LogP contribution is 2.10. The van der Waals surface area contributed by atoms with Crippen LogP contribution in [0.4, 0.5) is 0 Å². The first kappa shape index (κ1) is 14.1. The van der Waals surface area contributed by atoms with Crippen LogP contribution >= 0.6 is 0 Å². The minimum Gasteiger partial charge on any atom is -0.289 e. The van der Waals surface area contributed by atoms with Crippen molar-refractivity contribution in [2.45, 2.75) is 27.2 Å². The van der Waals surface area contributed by atoms with E-state index in [0.29, 0.717) is 0 Å². The minimum atomic E-state index is 0.0650. The molecule has 2 heteroatoms. The van der Waals surface area contributed by atoms with E-state index in [0.717, 1.165) is 23.3 Å². The van der Waals surface area contributed by atoms with Crippen molar-refractivity contribution in [3.63, 3.8) is 0 Å². The smallest absolute Gasteiger partial charge is 0.188 e. The summed E-state index contributed by atoms with van der Waals surface area (Å²) < 4.78 is 0. The summed E-state index contributed by atoms with van der Waals surface area (Å²) in [4.78, 5) is 16.1. The molecule has 0 aromatic heterocycles. The average molecular weight is 241 g/mol. The highest BCUT2D eigenvalue weighted by molar-refractivity contribution is 6.12. The molecule has 0 saturated carbocycles. The lowest BCUT2D eigenvalue weighted by Crippen LogP contribution is -2.02. The largest absolute Gasteiger partial charge is 0.289 e. The van der Waals surface area contributed by atoms with Gasteiger partial charge in [0.25, 0.3) is 0 Å². The van der Waals surface area contributed by atoms with E-state index in [-0.39, 0.29) is 5.78 Å². The zero-order valence-corrected chi connectivity index (χ0v) is 11.2. The van der Waals surface area contributed by atoms with Gasteiger partial charge in [-0.05, 0) is 18.6 Å². The fraction of sp³-hybridized carbons (Fsp3) is 0.250. The molecule has 0 bridgehead atoms. The lowest BCUT2D eigenvalue weighted by Gasteiger charge is -2.00. The molecule has 1 aromatic rings. The van der Waals surface area contributed by atoms with E-state index in [1.165, 1.54) is 0 Å². The molecule has 1 heterocycles. The number of hydrogen-bond acceptors (Lipinski definition) is 2. The van der Waals surface area contributed by atoms with Crippen LogP contribution in [0.3, 0.4) is 0 Å². The van der Waals surface area contributed by atoms with E-state index < -0.39 is 0 Å². The maximum absolute atomic E-state index is 12.0. The van der Waals surface area contributed by atoms with Gasteiger partial charge in [-0.3, -0.25) is 9.79 Å². The topological polar surface area (TPSA) is 29.4 Å². The van der Waals surface area contributed by atoms with Gasteiger partial charge >= 0.3 is 0 Å². The summed E-state index contributed by atoms with van der Waals surface area (Å²) >= 11 is 0. The molecule has 0 radical (unpaired) electrons. The third kappa shape index (κ3) is 3.81. The maximum atomic E-state index is 12.0. The predicted molar refractivity (Wildman–Crippen MR) is 77.1 cm³/mol. The molecule has 0 amide bonds. The highest BCUT2D eigenvalue weighted by atomic mass is 16.1. The van der Waals surface area contributed by atoms with Crippen LogP contribution in [-0.4, -0.2) is 11.5 Å². The summed E-state index contributed by atoms with van der Waals surface area (Å²) in [5.41, 5.74) is 2.40.